The Hall–Kier alpha value is -6.78. The van der Waals surface area contributed by atoms with Gasteiger partial charge in [0, 0.05) is 81.4 Å². The molecule has 0 saturated carbocycles. The number of phenolic OH excluding ortho intramolecular Hbond substituents is 7. The number of phenols is 7. The van der Waals surface area contributed by atoms with Crippen LogP contribution in [0.2, 0.25) is 0 Å². The molecule has 3 aromatic rings. The molecule has 4 fully saturated rings. The van der Waals surface area contributed by atoms with Crippen LogP contribution in [-0.2, 0) is 63.3 Å². The largest absolute Gasteiger partial charge is 0.508 e. The Kier molecular flexibility index (Phi) is 21.5. The summed E-state index contributed by atoms with van der Waals surface area (Å²) in [5.74, 6) is -6.99. The Labute approximate surface area is 546 Å². The fourth-order valence-electron chi connectivity index (χ4n) is 14.0. The zero-order valence-corrected chi connectivity index (χ0v) is 54.5. The van der Waals surface area contributed by atoms with Gasteiger partial charge in [0.25, 0.3) is 0 Å². The molecule has 2 bridgehead atoms. The summed E-state index contributed by atoms with van der Waals surface area (Å²) in [6.45, 7) is 16.1. The summed E-state index contributed by atoms with van der Waals surface area (Å²) in [5.41, 5.74) is 0.458. The fourth-order valence-corrected chi connectivity index (χ4v) is 14.0. The van der Waals surface area contributed by atoms with E-state index in [2.05, 4.69) is 39.8 Å². The third-order valence-corrected chi connectivity index (χ3v) is 19.6. The highest BCUT2D eigenvalue weighted by atomic mass is 16.7. The van der Waals surface area contributed by atoms with E-state index < -0.39 is 132 Å². The summed E-state index contributed by atoms with van der Waals surface area (Å²) in [4.78, 5) is 27.1. The number of rotatable bonds is 11. The van der Waals surface area contributed by atoms with E-state index in [0.29, 0.717) is 48.8 Å². The number of ether oxygens (including phenoxy) is 12. The van der Waals surface area contributed by atoms with E-state index in [9.17, 15) is 60.7 Å². The number of aliphatic hydroxyl groups is 3. The molecule has 22 unspecified atom stereocenters. The predicted octanol–water partition coefficient (Wildman–Crippen LogP) is 7.91. The second kappa shape index (κ2) is 28.9. The summed E-state index contributed by atoms with van der Waals surface area (Å²) in [5, 5.41) is 102. The molecular weight excluding hydrogens is 1220 g/mol. The van der Waals surface area contributed by atoms with Crippen molar-refractivity contribution >= 4 is 11.9 Å². The van der Waals surface area contributed by atoms with Gasteiger partial charge >= 0.3 is 11.9 Å². The highest BCUT2D eigenvalue weighted by Crippen LogP contribution is 2.49. The van der Waals surface area contributed by atoms with Gasteiger partial charge in [0.1, 0.15) is 65.4 Å². The number of carbonyl (C=O) groups excluding carboxylic acids is 2. The van der Waals surface area contributed by atoms with E-state index in [1.807, 2.05) is 32.1 Å². The summed E-state index contributed by atoms with van der Waals surface area (Å²) in [7, 11) is 3.22. The van der Waals surface area contributed by atoms with E-state index in [1.54, 1.807) is 40.2 Å². The van der Waals surface area contributed by atoms with Gasteiger partial charge in [-0.05, 0) is 87.1 Å². The van der Waals surface area contributed by atoms with Gasteiger partial charge in [0.2, 0.25) is 0 Å². The topological polar surface area (TPSA) is 347 Å². The molecule has 8 aliphatic rings. The number of methoxy groups -OCH3 is 2. The number of hydrogen-bond donors (Lipinski definition) is 10. The van der Waals surface area contributed by atoms with Gasteiger partial charge in [-0.3, -0.25) is 4.79 Å². The summed E-state index contributed by atoms with van der Waals surface area (Å²) < 4.78 is 75.1. The molecule has 7 heterocycles. The molecule has 94 heavy (non-hydrogen) atoms. The molecule has 7 aliphatic heterocycles. The van der Waals surface area contributed by atoms with Crippen LogP contribution in [0.25, 0.3) is 0 Å². The Morgan fingerprint density at radius 3 is 2.16 bits per heavy atom. The summed E-state index contributed by atoms with van der Waals surface area (Å²) >= 11 is 0. The van der Waals surface area contributed by atoms with Crippen molar-refractivity contribution in [2.45, 2.75) is 210 Å². The Bertz CT molecular complexity index is 3350. The Balaban J connectivity index is 0.000000252. The van der Waals surface area contributed by atoms with Crippen molar-refractivity contribution in [2.75, 3.05) is 20.8 Å². The van der Waals surface area contributed by atoms with Crippen LogP contribution in [0.1, 0.15) is 122 Å². The lowest BCUT2D eigenvalue weighted by molar-refractivity contribution is -0.318. The molecule has 22 atom stereocenters. The third-order valence-electron chi connectivity index (χ3n) is 19.6. The average Bonchev–Trinajstić information content (AvgIpc) is 1.52. The summed E-state index contributed by atoms with van der Waals surface area (Å²) in [6, 6.07) is 8.07. The van der Waals surface area contributed by atoms with Gasteiger partial charge < -0.3 is 108 Å². The van der Waals surface area contributed by atoms with E-state index in [-0.39, 0.29) is 83.2 Å². The van der Waals surface area contributed by atoms with Crippen LogP contribution in [-0.4, -0.2) is 187 Å². The molecule has 514 valence electrons. The van der Waals surface area contributed by atoms with Gasteiger partial charge in [-0.1, -0.05) is 76.6 Å². The Morgan fingerprint density at radius 2 is 1.46 bits per heavy atom. The SMILES string of the molecule is CCC(C)C1OC2(C=CC1C)CC1CC(CC=C(C)C(OC3CC(OC)C(OC4CC(OC)C(O)C(C)O4)C(C)O3)C(C)C=CC=C3COC4C(O)C(C)=CC(C(=O)O1)C34O)O2.O=C(OC1Cc2c(O)cc(O)cc2OC1c1ccc(O)c(O)c1)c1cc(O)c(O)c(O)c1. The quantitative estimate of drug-likeness (QED) is 0.0495. The maximum Gasteiger partial charge on any atom is 0.338 e. The van der Waals surface area contributed by atoms with Crippen LogP contribution in [0.3, 0.4) is 0 Å². The van der Waals surface area contributed by atoms with E-state index in [4.69, 9.17) is 56.8 Å². The number of aromatic hydroxyl groups is 7. The maximum absolute atomic E-state index is 14.3. The van der Waals surface area contributed by atoms with Crippen LogP contribution in [0, 0.1) is 23.7 Å². The van der Waals surface area contributed by atoms with E-state index in [0.717, 1.165) is 30.2 Å². The van der Waals surface area contributed by atoms with Gasteiger partial charge in [0.15, 0.2) is 53.2 Å². The lowest BCUT2D eigenvalue weighted by atomic mass is 9.71. The molecule has 24 nitrogen and oxygen atoms in total. The molecule has 10 N–H and O–H groups in total. The zero-order chi connectivity index (χ0) is 67.8. The standard InChI is InChI=1S/C48H72O14.C22H18O10/c1-11-25(2)43-28(5)17-18-47(62-43)23-34-20-33(61-47)16-15-27(4)42(26(3)13-12-14-32-24-55-45-40(49)29(6)19-35(46(51)58-34)48(32,45)52)59-39-22-37(54-10)44(31(8)57-39)60-38-21-36(53-9)41(50)30(7)56-38;23-11-6-14(25)12-8-19(32-22(30)10-4-16(27)20(29)17(28)5-10)21(31-18(12)7-11)9-1-2-13(24)15(26)3-9/h12-15,17-19,25-26,28,30-31,33-45,49-50,52H,11,16,20-24H2,1-10H3;1-7,19,21,23-29H,8H2. The molecule has 0 radical (unpaired) electrons. The molecular formula is C70H90O24. The first-order chi connectivity index (χ1) is 44.6. The van der Waals surface area contributed by atoms with Crippen molar-refractivity contribution in [1.82, 2.24) is 0 Å². The molecule has 0 aromatic heterocycles. The molecule has 24 heteroatoms. The number of carbonyl (C=O) groups is 2. The van der Waals surface area contributed by atoms with E-state index >= 15 is 0 Å². The van der Waals surface area contributed by atoms with E-state index in [1.165, 1.54) is 24.3 Å². The highest BCUT2D eigenvalue weighted by molar-refractivity contribution is 5.91. The van der Waals surface area contributed by atoms with Crippen LogP contribution in [0.5, 0.6) is 46.0 Å². The van der Waals surface area contributed by atoms with Crippen LogP contribution in [0.15, 0.2) is 102 Å². The van der Waals surface area contributed by atoms with Crippen LogP contribution < -0.4 is 4.74 Å². The second-order valence-electron chi connectivity index (χ2n) is 26.2. The lowest BCUT2D eigenvalue weighted by Gasteiger charge is -2.48. The molecule has 4 saturated heterocycles. The number of benzene rings is 3. The highest BCUT2D eigenvalue weighted by Gasteiger charge is 2.60. The average molecular weight is 1320 g/mol. The van der Waals surface area contributed by atoms with Gasteiger partial charge in [0.05, 0.1) is 54.9 Å². The first kappa shape index (κ1) is 70.0. The van der Waals surface area contributed by atoms with Crippen molar-refractivity contribution in [2.24, 2.45) is 23.7 Å². The minimum absolute atomic E-state index is 0.0317. The zero-order valence-electron chi connectivity index (χ0n) is 54.5. The van der Waals surface area contributed by atoms with Crippen molar-refractivity contribution < 1.29 is 117 Å². The smallest absolute Gasteiger partial charge is 0.338 e. The third kappa shape index (κ3) is 14.6. The predicted molar refractivity (Wildman–Crippen MR) is 335 cm³/mol. The summed E-state index contributed by atoms with van der Waals surface area (Å²) in [6.07, 6.45) is 6.42. The van der Waals surface area contributed by atoms with Crippen molar-refractivity contribution in [3.8, 4) is 46.0 Å². The molecule has 1 spiro atoms. The monoisotopic (exact) mass is 1310 g/mol. The molecule has 11 rings (SSSR count). The minimum atomic E-state index is -1.84. The van der Waals surface area contributed by atoms with Gasteiger partial charge in [-0.25, -0.2) is 4.79 Å². The van der Waals surface area contributed by atoms with Crippen LogP contribution in [0.4, 0.5) is 0 Å². The first-order valence-electron chi connectivity index (χ1n) is 32.2. The fraction of sp³-hybridized carbons (Fsp3) is 0.571. The number of fused-ring (bicyclic) bond motifs is 3. The first-order valence-corrected chi connectivity index (χ1v) is 32.2. The maximum atomic E-state index is 14.3. The van der Waals surface area contributed by atoms with Gasteiger partial charge in [-0.15, -0.1) is 0 Å². The molecule has 1 aliphatic carbocycles. The van der Waals surface area contributed by atoms with Gasteiger partial charge in [-0.2, -0.15) is 0 Å². The normalized spacial score (nSPS) is 36.8. The number of aliphatic hydroxyl groups excluding tert-OH is 2. The van der Waals surface area contributed by atoms with Crippen molar-refractivity contribution in [3.63, 3.8) is 0 Å². The number of allylic oxidation sites excluding steroid dienone is 2. The van der Waals surface area contributed by atoms with Crippen molar-refractivity contribution in [3.05, 3.63) is 118 Å². The minimum Gasteiger partial charge on any atom is -0.508 e. The van der Waals surface area contributed by atoms with Crippen molar-refractivity contribution in [1.29, 1.82) is 0 Å². The number of hydrogen-bond acceptors (Lipinski definition) is 24. The Morgan fingerprint density at radius 1 is 0.755 bits per heavy atom. The molecule has 0 amide bonds. The molecule has 3 aromatic carbocycles. The number of esters is 2. The second-order valence-corrected chi connectivity index (χ2v) is 26.2. The lowest BCUT2D eigenvalue weighted by Crippen LogP contribution is -2.58. The van der Waals surface area contributed by atoms with Crippen LogP contribution >= 0.6 is 0 Å².